The van der Waals surface area contributed by atoms with Crippen LogP contribution in [0, 0.1) is 6.92 Å². The normalized spacial score (nSPS) is 20.8. The van der Waals surface area contributed by atoms with Gasteiger partial charge in [-0.15, -0.1) is 0 Å². The second-order valence-corrected chi connectivity index (χ2v) is 15.5. The molecule has 2 atom stereocenters. The molecular formula is C34H36BrClN4O5S. The number of amides is 2. The van der Waals surface area contributed by atoms with E-state index < -0.39 is 38.9 Å². The molecule has 0 radical (unpaired) electrons. The number of carbonyl (C=O) groups is 2. The van der Waals surface area contributed by atoms with Gasteiger partial charge < -0.3 is 19.9 Å². The van der Waals surface area contributed by atoms with Crippen molar-refractivity contribution in [1.29, 1.82) is 0 Å². The maximum Gasteiger partial charge on any atom is 0.244 e. The molecule has 2 N–H and O–H groups in total. The summed E-state index contributed by atoms with van der Waals surface area (Å²) in [5, 5.41) is 4.16. The molecule has 2 fully saturated rings. The fraction of sp³-hybridized carbons (Fsp3) is 0.353. The molecule has 3 heterocycles. The van der Waals surface area contributed by atoms with Crippen LogP contribution in [0.5, 0.6) is 0 Å². The molecule has 2 aliphatic rings. The average molecular weight is 728 g/mol. The molecule has 9 nitrogen and oxygen atoms in total. The fourth-order valence-electron chi connectivity index (χ4n) is 6.53. The molecule has 0 saturated carbocycles. The summed E-state index contributed by atoms with van der Waals surface area (Å²) < 4.78 is 34.1. The van der Waals surface area contributed by atoms with Crippen molar-refractivity contribution in [3.63, 3.8) is 0 Å². The van der Waals surface area contributed by atoms with Crippen molar-refractivity contribution in [1.82, 2.24) is 20.1 Å². The molecule has 0 aliphatic carbocycles. The number of rotatable bonds is 10. The molecule has 12 heteroatoms. The summed E-state index contributed by atoms with van der Waals surface area (Å²) in [4.78, 5) is 35.8. The first-order valence-corrected chi connectivity index (χ1v) is 18.0. The minimum absolute atomic E-state index is 0.00672. The third-order valence-corrected chi connectivity index (χ3v) is 12.1. The molecule has 46 heavy (non-hydrogen) atoms. The van der Waals surface area contributed by atoms with Gasteiger partial charge in [0.1, 0.15) is 0 Å². The quantitative estimate of drug-likeness (QED) is 0.211. The summed E-state index contributed by atoms with van der Waals surface area (Å²) in [6.45, 7) is 5.94. The Balaban J connectivity index is 1.46. The number of carbonyl (C=O) groups excluding carboxylic acids is 2. The van der Waals surface area contributed by atoms with Crippen LogP contribution < -0.4 is 5.32 Å². The molecule has 0 spiro atoms. The molecule has 6 rings (SSSR count). The van der Waals surface area contributed by atoms with Crippen molar-refractivity contribution in [2.45, 2.75) is 42.0 Å². The average Bonchev–Trinajstić information content (AvgIpc) is 3.59. The topological polar surface area (TPSA) is 112 Å². The lowest BCUT2D eigenvalue weighted by Gasteiger charge is -2.36. The van der Waals surface area contributed by atoms with Crippen LogP contribution in [0.3, 0.4) is 0 Å². The van der Waals surface area contributed by atoms with Gasteiger partial charge in [0.05, 0.1) is 30.6 Å². The monoisotopic (exact) mass is 726 g/mol. The Bertz CT molecular complexity index is 1840. The molecule has 2 saturated heterocycles. The number of aryl methyl sites for hydroxylation is 1. The standard InChI is InChI=1S/C34H36BrClN4O5S/c1-23-3-10-27(11-4-23)46(43,44)34(33(42)37-13-2-14-39-15-17-45-18-16-39)20-31(41)40(22-24-5-7-25(35)8-6-24)32(34)29-21-38-30-19-26(36)9-12-28(29)30/h3-12,19,21,32,38H,2,13-18,20,22H2,1H3,(H,37,42)/t32-,34?/m0/s1. The van der Waals surface area contributed by atoms with Crippen molar-refractivity contribution < 1.29 is 22.7 Å². The van der Waals surface area contributed by atoms with Crippen molar-refractivity contribution in [2.75, 3.05) is 39.4 Å². The first-order valence-electron chi connectivity index (χ1n) is 15.3. The highest BCUT2D eigenvalue weighted by Gasteiger charge is 2.65. The number of aromatic nitrogens is 1. The van der Waals surface area contributed by atoms with Crippen LogP contribution in [0.15, 0.2) is 82.3 Å². The Hall–Kier alpha value is -3.22. The van der Waals surface area contributed by atoms with Gasteiger partial charge in [0.15, 0.2) is 14.6 Å². The Labute approximate surface area is 282 Å². The molecule has 3 aromatic carbocycles. The van der Waals surface area contributed by atoms with Crippen LogP contribution in [0.2, 0.25) is 5.02 Å². The maximum atomic E-state index is 15.0. The molecule has 1 unspecified atom stereocenters. The molecule has 2 aliphatic heterocycles. The predicted octanol–water partition coefficient (Wildman–Crippen LogP) is 5.42. The molecule has 2 amide bonds. The van der Waals surface area contributed by atoms with Gasteiger partial charge in [-0.1, -0.05) is 63.4 Å². The zero-order chi connectivity index (χ0) is 32.5. The van der Waals surface area contributed by atoms with Gasteiger partial charge in [-0.3, -0.25) is 14.5 Å². The lowest BCUT2D eigenvalue weighted by atomic mass is 9.91. The highest BCUT2D eigenvalue weighted by molar-refractivity contribution is 9.10. The number of benzene rings is 3. The maximum absolute atomic E-state index is 15.0. The van der Waals surface area contributed by atoms with Gasteiger partial charge in [0.25, 0.3) is 0 Å². The van der Waals surface area contributed by atoms with Crippen molar-refractivity contribution in [3.8, 4) is 0 Å². The third kappa shape index (κ3) is 6.23. The largest absolute Gasteiger partial charge is 0.379 e. The summed E-state index contributed by atoms with van der Waals surface area (Å²) in [5.74, 6) is -1.11. The Kier molecular flexibility index (Phi) is 9.59. The first kappa shape index (κ1) is 32.7. The van der Waals surface area contributed by atoms with Gasteiger partial charge in [0, 0.05) is 58.3 Å². The van der Waals surface area contributed by atoms with Gasteiger partial charge >= 0.3 is 0 Å². The number of likely N-dealkylation sites (tertiary alicyclic amines) is 1. The Morgan fingerprint density at radius 1 is 1.09 bits per heavy atom. The second kappa shape index (κ2) is 13.5. The lowest BCUT2D eigenvalue weighted by molar-refractivity contribution is -0.129. The highest BCUT2D eigenvalue weighted by atomic mass is 79.9. The Morgan fingerprint density at radius 2 is 1.80 bits per heavy atom. The molecule has 4 aromatic rings. The van der Waals surface area contributed by atoms with Crippen LogP contribution in [0.4, 0.5) is 0 Å². The number of ether oxygens (including phenoxy) is 1. The van der Waals surface area contributed by atoms with Crippen LogP contribution in [-0.2, 0) is 30.7 Å². The van der Waals surface area contributed by atoms with Crippen molar-refractivity contribution in [3.05, 3.63) is 99.1 Å². The Morgan fingerprint density at radius 3 is 2.52 bits per heavy atom. The molecular weight excluding hydrogens is 692 g/mol. The molecule has 242 valence electrons. The number of morpholine rings is 1. The molecule has 0 bridgehead atoms. The van der Waals surface area contributed by atoms with E-state index in [0.29, 0.717) is 41.1 Å². The number of nitrogens with one attached hydrogen (secondary N) is 2. The number of hydrogen-bond donors (Lipinski definition) is 2. The number of halogens is 2. The van der Waals surface area contributed by atoms with E-state index in [-0.39, 0.29) is 18.0 Å². The van der Waals surface area contributed by atoms with Crippen molar-refractivity contribution >= 4 is 60.1 Å². The summed E-state index contributed by atoms with van der Waals surface area (Å²) in [6.07, 6.45) is 1.82. The summed E-state index contributed by atoms with van der Waals surface area (Å²) in [5.41, 5.74) is 2.90. The second-order valence-electron chi connectivity index (χ2n) is 11.9. The number of nitrogens with zero attached hydrogens (tertiary/aromatic N) is 2. The van der Waals surface area contributed by atoms with Gasteiger partial charge in [-0.2, -0.15) is 0 Å². The zero-order valence-electron chi connectivity index (χ0n) is 25.5. The van der Waals surface area contributed by atoms with E-state index in [1.54, 1.807) is 41.4 Å². The minimum atomic E-state index is -4.44. The van der Waals surface area contributed by atoms with E-state index in [1.807, 2.05) is 31.2 Å². The van der Waals surface area contributed by atoms with E-state index in [2.05, 4.69) is 31.1 Å². The number of aromatic amines is 1. The van der Waals surface area contributed by atoms with Gasteiger partial charge in [0.2, 0.25) is 11.8 Å². The zero-order valence-corrected chi connectivity index (χ0v) is 28.6. The SMILES string of the molecule is Cc1ccc(S(=O)(=O)C2(C(=O)NCCCN3CCOCC3)CC(=O)N(Cc3ccc(Br)cc3)[C@H]2c2c[nH]c3cc(Cl)ccc23)cc1. The number of fused-ring (bicyclic) bond motifs is 1. The number of hydrogen-bond acceptors (Lipinski definition) is 6. The fourth-order valence-corrected chi connectivity index (χ4v) is 9.06. The van der Waals surface area contributed by atoms with Crippen LogP contribution >= 0.6 is 27.5 Å². The van der Waals surface area contributed by atoms with Crippen LogP contribution in [0.25, 0.3) is 10.9 Å². The number of sulfone groups is 1. The van der Waals surface area contributed by atoms with Crippen LogP contribution in [-0.4, -0.2) is 79.2 Å². The van der Waals surface area contributed by atoms with E-state index in [1.165, 1.54) is 12.1 Å². The van der Waals surface area contributed by atoms with E-state index >= 15 is 0 Å². The van der Waals surface area contributed by atoms with E-state index in [0.717, 1.165) is 35.2 Å². The van der Waals surface area contributed by atoms with E-state index in [4.69, 9.17) is 16.3 Å². The van der Waals surface area contributed by atoms with Gasteiger partial charge in [-0.25, -0.2) is 8.42 Å². The van der Waals surface area contributed by atoms with Gasteiger partial charge in [-0.05, 0) is 61.9 Å². The summed E-state index contributed by atoms with van der Waals surface area (Å²) in [6, 6.07) is 18.1. The minimum Gasteiger partial charge on any atom is -0.379 e. The lowest BCUT2D eigenvalue weighted by Crippen LogP contribution is -2.56. The van der Waals surface area contributed by atoms with Crippen molar-refractivity contribution in [2.24, 2.45) is 0 Å². The molecule has 1 aromatic heterocycles. The smallest absolute Gasteiger partial charge is 0.244 e. The third-order valence-electron chi connectivity index (χ3n) is 8.96. The first-order chi connectivity index (χ1) is 22.1. The van der Waals surface area contributed by atoms with Crippen LogP contribution in [0.1, 0.15) is 35.6 Å². The van der Waals surface area contributed by atoms with E-state index in [9.17, 15) is 18.0 Å². The predicted molar refractivity (Wildman–Crippen MR) is 181 cm³/mol. The highest BCUT2D eigenvalue weighted by Crippen LogP contribution is 2.51. The summed E-state index contributed by atoms with van der Waals surface area (Å²) in [7, 11) is -4.44. The summed E-state index contributed by atoms with van der Waals surface area (Å²) >= 11 is 9.76. The number of H-pyrrole nitrogens is 1.